The Bertz CT molecular complexity index is 2000. The molecule has 0 saturated heterocycles. The predicted octanol–water partition coefficient (Wildman–Crippen LogP) is 7.69. The van der Waals surface area contributed by atoms with Crippen molar-refractivity contribution in [3.05, 3.63) is 132 Å². The maximum atomic E-state index is 4.98. The van der Waals surface area contributed by atoms with Gasteiger partial charge in [-0.3, -0.25) is 4.90 Å². The molecule has 10 rings (SSSR count). The van der Waals surface area contributed by atoms with Crippen LogP contribution in [0.5, 0.6) is 0 Å². The van der Waals surface area contributed by atoms with Crippen LogP contribution in [0, 0.1) is 0 Å². The van der Waals surface area contributed by atoms with E-state index in [4.69, 9.17) is 9.97 Å². The lowest BCUT2D eigenvalue weighted by Gasteiger charge is -2.47. The summed E-state index contributed by atoms with van der Waals surface area (Å²) in [7, 11) is 2.20. The van der Waals surface area contributed by atoms with Crippen molar-refractivity contribution in [1.82, 2.24) is 9.97 Å². The fraction of sp³-hybridized carbons (Fsp3) is 0.189. The van der Waals surface area contributed by atoms with E-state index in [2.05, 4.69) is 131 Å². The molecule has 6 nitrogen and oxygen atoms in total. The summed E-state index contributed by atoms with van der Waals surface area (Å²) in [5.74, 6) is 1.85. The molecule has 0 N–H and O–H groups in total. The Hall–Kier alpha value is -5.10. The standard InChI is InChI=1S/C37H30N6/c1-3-37-22-23-17-18-28(26(37)21-23)43-34-33(38-19-20-39-34)40(2)35(43)31-32(37)25-13-7-8-14-27(25)42-30-16-10-9-15-29(30)41(36(31)42)24-11-5-4-6-12-24/h4-21,35-36H,3,22H2,1-2H3. The van der Waals surface area contributed by atoms with Gasteiger partial charge in [-0.2, -0.15) is 0 Å². The quantitative estimate of drug-likeness (QED) is 0.221. The zero-order valence-corrected chi connectivity index (χ0v) is 24.1. The average molecular weight is 559 g/mol. The van der Waals surface area contributed by atoms with Gasteiger partial charge in [-0.25, -0.2) is 9.97 Å². The lowest BCUT2D eigenvalue weighted by molar-refractivity contribution is 0.544. The number of allylic oxidation sites excluding steroid dienone is 1. The minimum atomic E-state index is -0.142. The zero-order chi connectivity index (χ0) is 28.4. The predicted molar refractivity (Wildman–Crippen MR) is 173 cm³/mol. The summed E-state index contributed by atoms with van der Waals surface area (Å²) in [6, 6.07) is 36.0. The summed E-state index contributed by atoms with van der Waals surface area (Å²) in [5.41, 5.74) is 13.1. The number of para-hydroxylation sites is 4. The Kier molecular flexibility index (Phi) is 4.39. The van der Waals surface area contributed by atoms with Gasteiger partial charge in [0.05, 0.1) is 17.1 Å². The van der Waals surface area contributed by atoms with Gasteiger partial charge in [-0.15, -0.1) is 0 Å². The molecular weight excluding hydrogens is 528 g/mol. The van der Waals surface area contributed by atoms with E-state index in [0.717, 1.165) is 24.5 Å². The summed E-state index contributed by atoms with van der Waals surface area (Å²) in [5, 5.41) is 0. The zero-order valence-electron chi connectivity index (χ0n) is 24.1. The number of anilines is 7. The highest BCUT2D eigenvalue weighted by atomic mass is 15.5. The van der Waals surface area contributed by atoms with E-state index in [1.165, 1.54) is 56.3 Å². The molecule has 0 radical (unpaired) electrons. The van der Waals surface area contributed by atoms with E-state index in [9.17, 15) is 0 Å². The smallest absolute Gasteiger partial charge is 0.178 e. The van der Waals surface area contributed by atoms with Crippen molar-refractivity contribution in [1.29, 1.82) is 0 Å². The van der Waals surface area contributed by atoms with E-state index in [0.29, 0.717) is 0 Å². The second-order valence-corrected chi connectivity index (χ2v) is 12.3. The number of likely N-dealkylation sites (N-methyl/N-ethyl adjacent to an activating group) is 1. The lowest BCUT2D eigenvalue weighted by Crippen LogP contribution is -2.53. The largest absolute Gasteiger partial charge is 0.332 e. The molecule has 0 spiro atoms. The van der Waals surface area contributed by atoms with Gasteiger partial charge in [0.15, 0.2) is 11.6 Å². The average Bonchev–Trinajstić information content (AvgIpc) is 3.65. The molecule has 6 heteroatoms. The minimum absolute atomic E-state index is 0.0644. The highest BCUT2D eigenvalue weighted by Crippen LogP contribution is 2.65. The Morgan fingerprint density at radius 3 is 2.19 bits per heavy atom. The van der Waals surface area contributed by atoms with Crippen molar-refractivity contribution in [3.8, 4) is 0 Å². The summed E-state index contributed by atoms with van der Waals surface area (Å²) in [6.07, 6.45) is 5.52. The highest BCUT2D eigenvalue weighted by Gasteiger charge is 2.58. The molecular formula is C37H30N6. The fourth-order valence-electron chi connectivity index (χ4n) is 8.82. The monoisotopic (exact) mass is 558 g/mol. The van der Waals surface area contributed by atoms with Crippen molar-refractivity contribution in [2.45, 2.75) is 37.5 Å². The van der Waals surface area contributed by atoms with Gasteiger partial charge in [-0.1, -0.05) is 67.6 Å². The van der Waals surface area contributed by atoms with Gasteiger partial charge in [0.1, 0.15) is 12.3 Å². The van der Waals surface area contributed by atoms with E-state index >= 15 is 0 Å². The van der Waals surface area contributed by atoms with Gasteiger partial charge in [0.2, 0.25) is 0 Å². The number of nitrogens with zero attached hydrogens (tertiary/aromatic N) is 6. The van der Waals surface area contributed by atoms with Crippen LogP contribution in [-0.4, -0.2) is 29.3 Å². The first-order chi connectivity index (χ1) is 21.2. The summed E-state index contributed by atoms with van der Waals surface area (Å²) in [6.45, 7) is 2.38. The van der Waals surface area contributed by atoms with Gasteiger partial charge >= 0.3 is 0 Å². The molecule has 5 heterocycles. The SMILES string of the molecule is CCC12Cc3ccc(c1c3)N1c3nccnc3N(C)C1C1=C2c2ccccc2N2c3ccccc3N(c3ccccc3)C12. The molecule has 2 bridgehead atoms. The van der Waals surface area contributed by atoms with Crippen LogP contribution < -0.4 is 19.6 Å². The normalized spacial score (nSPS) is 23.4. The second-order valence-electron chi connectivity index (χ2n) is 12.3. The number of aromatic nitrogens is 2. The van der Waals surface area contributed by atoms with Crippen LogP contribution in [0.4, 0.5) is 40.1 Å². The van der Waals surface area contributed by atoms with Crippen molar-refractivity contribution in [2.24, 2.45) is 0 Å². The topological polar surface area (TPSA) is 38.7 Å². The van der Waals surface area contributed by atoms with E-state index in [1.807, 2.05) is 12.4 Å². The Balaban J connectivity index is 1.37. The first-order valence-corrected chi connectivity index (χ1v) is 15.2. The minimum Gasteiger partial charge on any atom is -0.332 e. The Morgan fingerprint density at radius 2 is 1.40 bits per heavy atom. The molecule has 1 aromatic heterocycles. The first kappa shape index (κ1) is 23.5. The molecule has 5 aliphatic rings. The lowest BCUT2D eigenvalue weighted by atomic mass is 9.67. The molecule has 3 unspecified atom stereocenters. The first-order valence-electron chi connectivity index (χ1n) is 15.2. The molecule has 5 aromatic rings. The van der Waals surface area contributed by atoms with Crippen molar-refractivity contribution in [3.63, 3.8) is 0 Å². The Labute approximate surface area is 251 Å². The molecule has 0 amide bonds. The number of benzene rings is 4. The van der Waals surface area contributed by atoms with E-state index in [-0.39, 0.29) is 17.7 Å². The molecule has 4 aliphatic heterocycles. The maximum absolute atomic E-state index is 4.98. The fourth-order valence-corrected chi connectivity index (χ4v) is 8.82. The van der Waals surface area contributed by atoms with E-state index in [1.54, 1.807) is 0 Å². The number of hydrogen-bond acceptors (Lipinski definition) is 6. The van der Waals surface area contributed by atoms with Gasteiger partial charge in [0, 0.05) is 47.4 Å². The van der Waals surface area contributed by atoms with Crippen LogP contribution in [0.2, 0.25) is 0 Å². The van der Waals surface area contributed by atoms with Gasteiger partial charge in [-0.05, 0) is 65.9 Å². The molecule has 208 valence electrons. The Morgan fingerprint density at radius 1 is 0.698 bits per heavy atom. The third-order valence-electron chi connectivity index (χ3n) is 10.5. The third-order valence-corrected chi connectivity index (χ3v) is 10.5. The number of rotatable bonds is 2. The van der Waals surface area contributed by atoms with Gasteiger partial charge < -0.3 is 14.7 Å². The molecule has 3 atom stereocenters. The second kappa shape index (κ2) is 8.04. The molecule has 4 aromatic carbocycles. The van der Waals surface area contributed by atoms with Crippen LogP contribution in [-0.2, 0) is 11.8 Å². The summed E-state index contributed by atoms with van der Waals surface area (Å²) < 4.78 is 0. The maximum Gasteiger partial charge on any atom is 0.178 e. The number of hydrogen-bond donors (Lipinski definition) is 0. The summed E-state index contributed by atoms with van der Waals surface area (Å²) >= 11 is 0. The van der Waals surface area contributed by atoms with Crippen molar-refractivity contribution in [2.75, 3.05) is 26.6 Å². The van der Waals surface area contributed by atoms with Crippen LogP contribution >= 0.6 is 0 Å². The third kappa shape index (κ3) is 2.71. The van der Waals surface area contributed by atoms with Crippen LogP contribution in [0.3, 0.4) is 0 Å². The van der Waals surface area contributed by atoms with Crippen molar-refractivity contribution >= 4 is 45.6 Å². The van der Waals surface area contributed by atoms with E-state index < -0.39 is 0 Å². The molecule has 0 saturated carbocycles. The van der Waals surface area contributed by atoms with Crippen molar-refractivity contribution < 1.29 is 0 Å². The summed E-state index contributed by atoms with van der Waals surface area (Å²) in [4.78, 5) is 19.9. The molecule has 43 heavy (non-hydrogen) atoms. The van der Waals surface area contributed by atoms with Crippen LogP contribution in [0.25, 0.3) is 5.57 Å². The number of fused-ring (bicyclic) bond motifs is 14. The van der Waals surface area contributed by atoms with Crippen LogP contribution in [0.15, 0.2) is 115 Å². The molecule has 0 fully saturated rings. The van der Waals surface area contributed by atoms with Crippen LogP contribution in [0.1, 0.15) is 30.0 Å². The molecule has 1 aliphatic carbocycles. The van der Waals surface area contributed by atoms with Gasteiger partial charge in [0.25, 0.3) is 0 Å². The highest BCUT2D eigenvalue weighted by molar-refractivity contribution is 6.03.